The van der Waals surface area contributed by atoms with Gasteiger partial charge in [0.1, 0.15) is 11.5 Å². The molecule has 0 spiro atoms. The van der Waals surface area contributed by atoms with Gasteiger partial charge in [-0.25, -0.2) is 9.78 Å². The minimum Gasteiger partial charge on any atom is -0.507 e. The normalized spacial score (nSPS) is 17.7. The lowest BCUT2D eigenvalue weighted by molar-refractivity contribution is 0.234. The zero-order valence-electron chi connectivity index (χ0n) is 19.7. The fourth-order valence-electron chi connectivity index (χ4n) is 4.40. The summed E-state index contributed by atoms with van der Waals surface area (Å²) in [6, 6.07) is 12.4. The first-order valence-corrected chi connectivity index (χ1v) is 13.6. The highest BCUT2D eigenvalue weighted by Gasteiger charge is 2.24. The monoisotopic (exact) mass is 514 g/mol. The van der Waals surface area contributed by atoms with Crippen molar-refractivity contribution in [2.24, 2.45) is 5.92 Å². The highest BCUT2D eigenvalue weighted by atomic mass is 35.5. The van der Waals surface area contributed by atoms with Crippen molar-refractivity contribution in [3.63, 3.8) is 0 Å². The smallest absolute Gasteiger partial charge is 0.319 e. The van der Waals surface area contributed by atoms with E-state index in [4.69, 9.17) is 16.3 Å². The van der Waals surface area contributed by atoms with Gasteiger partial charge in [0, 0.05) is 34.6 Å². The fraction of sp³-hybridized carbons (Fsp3) is 0.385. The maximum Gasteiger partial charge on any atom is 0.319 e. The molecule has 0 saturated heterocycles. The fourth-order valence-corrected chi connectivity index (χ4v) is 4.82. The van der Waals surface area contributed by atoms with Gasteiger partial charge in [0.05, 0.1) is 24.8 Å². The van der Waals surface area contributed by atoms with Crippen molar-refractivity contribution in [2.75, 3.05) is 23.9 Å². The SMILES string of the molecule is CSCCOc1ccc(NC(=O)NC2CCC(Cn3cncc3-c3cc(Cl)ccc3O)CC2)cc1. The Balaban J connectivity index is 1.24. The van der Waals surface area contributed by atoms with Crippen LogP contribution in [0.3, 0.4) is 0 Å². The minimum absolute atomic E-state index is 0.152. The van der Waals surface area contributed by atoms with Crippen LogP contribution >= 0.6 is 23.4 Å². The van der Waals surface area contributed by atoms with E-state index >= 15 is 0 Å². The molecule has 186 valence electrons. The Hall–Kier alpha value is -2.84. The van der Waals surface area contributed by atoms with Crippen LogP contribution in [0.4, 0.5) is 10.5 Å². The van der Waals surface area contributed by atoms with Gasteiger partial charge in [0.2, 0.25) is 0 Å². The number of phenolic OH excluding ortho intramolecular Hbond substituents is 1. The third kappa shape index (κ3) is 7.08. The summed E-state index contributed by atoms with van der Waals surface area (Å²) in [4.78, 5) is 16.8. The van der Waals surface area contributed by atoms with Gasteiger partial charge in [-0.05, 0) is 80.3 Å². The third-order valence-corrected chi connectivity index (χ3v) is 7.06. The lowest BCUT2D eigenvalue weighted by atomic mass is 9.86. The molecule has 3 N–H and O–H groups in total. The van der Waals surface area contributed by atoms with Crippen molar-refractivity contribution in [3.05, 3.63) is 60.0 Å². The van der Waals surface area contributed by atoms with E-state index < -0.39 is 0 Å². The summed E-state index contributed by atoms with van der Waals surface area (Å²) in [6.07, 6.45) is 9.46. The van der Waals surface area contributed by atoms with Crippen LogP contribution in [0, 0.1) is 5.92 Å². The molecule has 1 heterocycles. The molecule has 2 amide bonds. The number of ether oxygens (including phenoxy) is 1. The second-order valence-electron chi connectivity index (χ2n) is 8.77. The molecule has 2 aromatic carbocycles. The van der Waals surface area contributed by atoms with E-state index in [0.29, 0.717) is 23.1 Å². The Morgan fingerprint density at radius 3 is 2.71 bits per heavy atom. The lowest BCUT2D eigenvalue weighted by Gasteiger charge is -2.29. The number of carbonyl (C=O) groups excluding carboxylic acids is 1. The zero-order chi connectivity index (χ0) is 24.6. The number of hydrogen-bond acceptors (Lipinski definition) is 5. The highest BCUT2D eigenvalue weighted by Crippen LogP contribution is 2.33. The maximum atomic E-state index is 12.5. The highest BCUT2D eigenvalue weighted by molar-refractivity contribution is 7.98. The van der Waals surface area contributed by atoms with Crippen LogP contribution in [0.15, 0.2) is 55.0 Å². The quantitative estimate of drug-likeness (QED) is 0.303. The topological polar surface area (TPSA) is 88.4 Å². The molecule has 0 aliphatic heterocycles. The first kappa shape index (κ1) is 25.3. The number of nitrogens with zero attached hydrogens (tertiary/aromatic N) is 2. The van der Waals surface area contributed by atoms with Crippen molar-refractivity contribution >= 4 is 35.1 Å². The molecule has 4 rings (SSSR count). The summed E-state index contributed by atoms with van der Waals surface area (Å²) < 4.78 is 7.72. The second-order valence-corrected chi connectivity index (χ2v) is 10.2. The van der Waals surface area contributed by atoms with E-state index in [2.05, 4.69) is 20.2 Å². The van der Waals surface area contributed by atoms with Crippen molar-refractivity contribution in [2.45, 2.75) is 38.3 Å². The third-order valence-electron chi connectivity index (χ3n) is 6.25. The minimum atomic E-state index is -0.183. The summed E-state index contributed by atoms with van der Waals surface area (Å²) in [5, 5.41) is 16.9. The molecular weight excluding hydrogens is 484 g/mol. The maximum absolute atomic E-state index is 12.5. The predicted molar refractivity (Wildman–Crippen MR) is 143 cm³/mol. The molecular formula is C26H31ClN4O3S. The van der Waals surface area contributed by atoms with Gasteiger partial charge < -0.3 is 25.0 Å². The van der Waals surface area contributed by atoms with Crippen LogP contribution in [0.2, 0.25) is 5.02 Å². The predicted octanol–water partition coefficient (Wildman–Crippen LogP) is 6.03. The van der Waals surface area contributed by atoms with E-state index in [1.54, 1.807) is 42.5 Å². The molecule has 3 aromatic rings. The number of nitrogens with one attached hydrogen (secondary N) is 2. The van der Waals surface area contributed by atoms with Gasteiger partial charge in [-0.1, -0.05) is 11.6 Å². The Kier molecular flexibility index (Phi) is 8.82. The number of imidazole rings is 1. The molecule has 1 aliphatic rings. The molecule has 9 heteroatoms. The van der Waals surface area contributed by atoms with Gasteiger partial charge >= 0.3 is 6.03 Å². The summed E-state index contributed by atoms with van der Waals surface area (Å²) >= 11 is 7.87. The molecule has 1 saturated carbocycles. The van der Waals surface area contributed by atoms with Gasteiger partial charge in [0.15, 0.2) is 0 Å². The Bertz CT molecular complexity index is 1110. The second kappa shape index (κ2) is 12.2. The van der Waals surface area contributed by atoms with Crippen LogP contribution in [-0.4, -0.2) is 45.3 Å². The number of halogens is 1. The van der Waals surface area contributed by atoms with E-state index in [9.17, 15) is 9.90 Å². The average molecular weight is 515 g/mol. The van der Waals surface area contributed by atoms with Crippen LogP contribution in [0.1, 0.15) is 25.7 Å². The standard InChI is InChI=1S/C26H31ClN4O3S/c1-35-13-12-34-22-9-7-21(8-10-22)30-26(33)29-20-5-2-18(3-6-20)16-31-17-28-15-24(31)23-14-19(27)4-11-25(23)32/h4,7-11,14-15,17-18,20,32H,2-3,5-6,12-13,16H2,1H3,(H2,29,30,33). The molecule has 1 aliphatic carbocycles. The summed E-state index contributed by atoms with van der Waals surface area (Å²) in [5.41, 5.74) is 2.28. The number of hydrogen-bond donors (Lipinski definition) is 3. The largest absolute Gasteiger partial charge is 0.507 e. The van der Waals surface area contributed by atoms with Gasteiger partial charge in [0.25, 0.3) is 0 Å². The number of amides is 2. The van der Waals surface area contributed by atoms with Crippen molar-refractivity contribution < 1.29 is 14.6 Å². The van der Waals surface area contributed by atoms with E-state index in [-0.39, 0.29) is 17.8 Å². The van der Waals surface area contributed by atoms with Crippen LogP contribution < -0.4 is 15.4 Å². The van der Waals surface area contributed by atoms with Gasteiger partial charge in [-0.15, -0.1) is 0 Å². The van der Waals surface area contributed by atoms with Crippen molar-refractivity contribution in [3.8, 4) is 22.8 Å². The molecule has 0 atom stereocenters. The Labute approximate surface area is 215 Å². The van der Waals surface area contributed by atoms with Gasteiger partial charge in [-0.3, -0.25) is 0 Å². The number of anilines is 1. The number of urea groups is 1. The van der Waals surface area contributed by atoms with Crippen LogP contribution in [-0.2, 0) is 6.54 Å². The van der Waals surface area contributed by atoms with Crippen molar-refractivity contribution in [1.82, 2.24) is 14.9 Å². The molecule has 0 bridgehead atoms. The van der Waals surface area contributed by atoms with E-state index in [1.165, 1.54) is 0 Å². The summed E-state index contributed by atoms with van der Waals surface area (Å²) in [5.74, 6) is 2.41. The first-order chi connectivity index (χ1) is 17.0. The molecule has 7 nitrogen and oxygen atoms in total. The van der Waals surface area contributed by atoms with Crippen LogP contribution in [0.5, 0.6) is 11.5 Å². The molecule has 1 aromatic heterocycles. The average Bonchev–Trinajstić information content (AvgIpc) is 3.31. The van der Waals surface area contributed by atoms with E-state index in [0.717, 1.165) is 55.1 Å². The van der Waals surface area contributed by atoms with Gasteiger partial charge in [-0.2, -0.15) is 11.8 Å². The first-order valence-electron chi connectivity index (χ1n) is 11.8. The number of phenols is 1. The number of aromatic hydroxyl groups is 1. The summed E-state index contributed by atoms with van der Waals surface area (Å²) in [6.45, 7) is 1.48. The lowest BCUT2D eigenvalue weighted by Crippen LogP contribution is -2.40. The van der Waals surface area contributed by atoms with Crippen molar-refractivity contribution in [1.29, 1.82) is 0 Å². The Morgan fingerprint density at radius 2 is 1.97 bits per heavy atom. The number of rotatable bonds is 9. The molecule has 0 unspecified atom stereocenters. The Morgan fingerprint density at radius 1 is 1.20 bits per heavy atom. The molecule has 35 heavy (non-hydrogen) atoms. The number of carbonyl (C=O) groups is 1. The number of thioether (sulfide) groups is 1. The molecule has 0 radical (unpaired) electrons. The summed E-state index contributed by atoms with van der Waals surface area (Å²) in [7, 11) is 0. The molecule has 1 fully saturated rings. The zero-order valence-corrected chi connectivity index (χ0v) is 21.3. The van der Waals surface area contributed by atoms with Crippen LogP contribution in [0.25, 0.3) is 11.3 Å². The number of benzene rings is 2. The number of aromatic nitrogens is 2. The van der Waals surface area contributed by atoms with E-state index in [1.807, 2.05) is 30.5 Å².